The number of benzene rings is 1. The van der Waals surface area contributed by atoms with Crippen molar-refractivity contribution in [2.24, 2.45) is 0 Å². The fraction of sp³-hybridized carbons (Fsp3) is 0.667. The Balaban J connectivity index is 2.16. The molecule has 2 rings (SSSR count). The van der Waals surface area contributed by atoms with E-state index in [0.717, 1.165) is 49.0 Å². The SMILES string of the molecule is CCC(C)(C(=O)c1ccc(O[Si](CC)(CC)CC)cc1)N1CCOCC1. The number of hydrogen-bond acceptors (Lipinski definition) is 4. The van der Waals surface area contributed by atoms with Gasteiger partial charge >= 0.3 is 0 Å². The van der Waals surface area contributed by atoms with Gasteiger partial charge < -0.3 is 9.16 Å². The Bertz CT molecular complexity index is 571. The van der Waals surface area contributed by atoms with E-state index < -0.39 is 13.9 Å². The minimum atomic E-state index is -1.68. The highest BCUT2D eigenvalue weighted by atomic mass is 28.4. The predicted octanol–water partition coefficient (Wildman–Crippen LogP) is 4.75. The molecule has 0 aromatic heterocycles. The minimum absolute atomic E-state index is 0.193. The zero-order valence-electron chi connectivity index (χ0n) is 17.1. The number of hydrogen-bond donors (Lipinski definition) is 0. The summed E-state index contributed by atoms with van der Waals surface area (Å²) in [5.74, 6) is 1.10. The lowest BCUT2D eigenvalue weighted by atomic mass is 9.86. The first-order valence-electron chi connectivity index (χ1n) is 10.1. The lowest BCUT2D eigenvalue weighted by molar-refractivity contribution is -0.0106. The van der Waals surface area contributed by atoms with Crippen molar-refractivity contribution < 1.29 is 14.0 Å². The third kappa shape index (κ3) is 4.38. The molecule has 1 aliphatic rings. The van der Waals surface area contributed by atoms with Crippen LogP contribution in [0.1, 0.15) is 51.4 Å². The van der Waals surface area contributed by atoms with E-state index in [0.29, 0.717) is 13.2 Å². The summed E-state index contributed by atoms with van der Waals surface area (Å²) in [6.45, 7) is 13.9. The summed E-state index contributed by atoms with van der Waals surface area (Å²) in [6.07, 6.45) is 0.793. The maximum absolute atomic E-state index is 13.2. The summed E-state index contributed by atoms with van der Waals surface area (Å²) in [6, 6.07) is 11.2. The number of carbonyl (C=O) groups is 1. The van der Waals surface area contributed by atoms with Crippen LogP contribution in [0.4, 0.5) is 0 Å². The molecule has 1 aliphatic heterocycles. The largest absolute Gasteiger partial charge is 0.544 e. The Morgan fingerprint density at radius 1 is 1.08 bits per heavy atom. The summed E-state index contributed by atoms with van der Waals surface area (Å²) < 4.78 is 11.9. The van der Waals surface area contributed by atoms with E-state index in [4.69, 9.17) is 9.16 Å². The lowest BCUT2D eigenvalue weighted by Gasteiger charge is -2.41. The van der Waals surface area contributed by atoms with E-state index in [1.54, 1.807) is 0 Å². The topological polar surface area (TPSA) is 38.8 Å². The lowest BCUT2D eigenvalue weighted by Crippen LogP contribution is -2.56. The molecular weight excluding hydrogens is 342 g/mol. The second kappa shape index (κ2) is 9.15. The van der Waals surface area contributed by atoms with E-state index in [9.17, 15) is 4.79 Å². The van der Waals surface area contributed by atoms with Gasteiger partial charge in [0.1, 0.15) is 5.75 Å². The first kappa shape index (κ1) is 21.1. The van der Waals surface area contributed by atoms with Crippen molar-refractivity contribution >= 4 is 14.1 Å². The Kier molecular flexibility index (Phi) is 7.44. The fourth-order valence-electron chi connectivity index (χ4n) is 3.79. The van der Waals surface area contributed by atoms with Crippen LogP contribution in [0.3, 0.4) is 0 Å². The Morgan fingerprint density at radius 2 is 1.62 bits per heavy atom. The molecule has 146 valence electrons. The van der Waals surface area contributed by atoms with Gasteiger partial charge in [0.2, 0.25) is 8.32 Å². The van der Waals surface area contributed by atoms with Crippen LogP contribution in [-0.2, 0) is 4.74 Å². The van der Waals surface area contributed by atoms with Crippen LogP contribution in [0.25, 0.3) is 0 Å². The van der Waals surface area contributed by atoms with E-state index in [-0.39, 0.29) is 5.78 Å². The normalized spacial score (nSPS) is 18.3. The number of morpholine rings is 1. The summed E-state index contributed by atoms with van der Waals surface area (Å²) in [4.78, 5) is 15.5. The second-order valence-corrected chi connectivity index (χ2v) is 12.1. The maximum atomic E-state index is 13.2. The van der Waals surface area contributed by atoms with Crippen molar-refractivity contribution in [1.29, 1.82) is 0 Å². The van der Waals surface area contributed by atoms with Crippen LogP contribution in [0.5, 0.6) is 5.75 Å². The van der Waals surface area contributed by atoms with Gasteiger partial charge in [0.25, 0.3) is 0 Å². The zero-order chi connectivity index (χ0) is 19.2. The Labute approximate surface area is 160 Å². The first-order valence-corrected chi connectivity index (χ1v) is 12.6. The van der Waals surface area contributed by atoms with Gasteiger partial charge in [0, 0.05) is 18.7 Å². The van der Waals surface area contributed by atoms with Crippen LogP contribution in [0.15, 0.2) is 24.3 Å². The smallest absolute Gasteiger partial charge is 0.250 e. The van der Waals surface area contributed by atoms with E-state index in [1.165, 1.54) is 0 Å². The average Bonchev–Trinajstić information content (AvgIpc) is 2.72. The van der Waals surface area contributed by atoms with Crippen LogP contribution in [0, 0.1) is 0 Å². The molecule has 0 saturated carbocycles. The van der Waals surface area contributed by atoms with Gasteiger partial charge in [-0.05, 0) is 55.7 Å². The van der Waals surface area contributed by atoms with Crippen molar-refractivity contribution in [1.82, 2.24) is 4.90 Å². The molecule has 0 bridgehead atoms. The molecule has 0 aliphatic carbocycles. The monoisotopic (exact) mass is 377 g/mol. The van der Waals surface area contributed by atoms with Crippen molar-refractivity contribution in [2.45, 2.75) is 64.7 Å². The minimum Gasteiger partial charge on any atom is -0.544 e. The highest BCUT2D eigenvalue weighted by molar-refractivity contribution is 6.74. The molecule has 1 aromatic carbocycles. The molecule has 1 aromatic rings. The van der Waals surface area contributed by atoms with Gasteiger partial charge in [-0.1, -0.05) is 27.7 Å². The van der Waals surface area contributed by atoms with Crippen LogP contribution >= 0.6 is 0 Å². The number of rotatable bonds is 9. The standard InChI is InChI=1S/C21H35NO3Si/c1-6-21(5,22-14-16-24-17-15-22)20(23)18-10-12-19(13-11-18)25-26(7-2,8-3)9-4/h10-13H,6-9,14-17H2,1-5H3. The maximum Gasteiger partial charge on any atom is 0.250 e. The van der Waals surface area contributed by atoms with Crippen molar-refractivity contribution in [3.05, 3.63) is 29.8 Å². The third-order valence-electron chi connectivity index (χ3n) is 6.27. The Morgan fingerprint density at radius 3 is 2.08 bits per heavy atom. The van der Waals surface area contributed by atoms with Gasteiger partial charge in [0.05, 0.1) is 18.8 Å². The quantitative estimate of drug-likeness (QED) is 0.460. The van der Waals surface area contributed by atoms with Gasteiger partial charge in [-0.2, -0.15) is 0 Å². The highest BCUT2D eigenvalue weighted by Gasteiger charge is 2.39. The van der Waals surface area contributed by atoms with Crippen molar-refractivity contribution in [3.63, 3.8) is 0 Å². The molecule has 1 fully saturated rings. The van der Waals surface area contributed by atoms with Gasteiger partial charge in [-0.3, -0.25) is 9.69 Å². The van der Waals surface area contributed by atoms with E-state index in [2.05, 4.69) is 39.5 Å². The predicted molar refractivity (Wildman–Crippen MR) is 110 cm³/mol. The molecule has 4 nitrogen and oxygen atoms in total. The molecule has 5 heteroatoms. The Hall–Kier alpha value is -1.17. The summed E-state index contributed by atoms with van der Waals surface area (Å²) >= 11 is 0. The van der Waals surface area contributed by atoms with Gasteiger partial charge in [-0.25, -0.2) is 0 Å². The molecule has 1 heterocycles. The van der Waals surface area contributed by atoms with Crippen molar-refractivity contribution in [3.8, 4) is 5.75 Å². The van der Waals surface area contributed by atoms with Gasteiger partial charge in [0.15, 0.2) is 5.78 Å². The summed E-state index contributed by atoms with van der Waals surface area (Å²) in [7, 11) is -1.68. The van der Waals surface area contributed by atoms with Crippen LogP contribution < -0.4 is 4.43 Å². The molecule has 1 unspecified atom stereocenters. The number of nitrogens with zero attached hydrogens (tertiary/aromatic N) is 1. The van der Waals surface area contributed by atoms with E-state index in [1.807, 2.05) is 24.3 Å². The number of Topliss-reactive ketones (excluding diaryl/α,β-unsaturated/α-hetero) is 1. The molecule has 0 amide bonds. The number of ether oxygens (including phenoxy) is 1. The third-order valence-corrected chi connectivity index (χ3v) is 10.8. The number of carbonyl (C=O) groups excluding carboxylic acids is 1. The molecule has 0 radical (unpaired) electrons. The molecule has 1 saturated heterocycles. The fourth-order valence-corrected chi connectivity index (χ4v) is 6.36. The highest BCUT2D eigenvalue weighted by Crippen LogP contribution is 2.29. The first-order chi connectivity index (χ1) is 12.4. The van der Waals surface area contributed by atoms with Crippen molar-refractivity contribution in [2.75, 3.05) is 26.3 Å². The zero-order valence-corrected chi connectivity index (χ0v) is 18.1. The average molecular weight is 378 g/mol. The molecule has 1 atom stereocenters. The summed E-state index contributed by atoms with van der Waals surface area (Å²) in [5.41, 5.74) is 0.297. The van der Waals surface area contributed by atoms with Crippen LogP contribution in [-0.4, -0.2) is 50.8 Å². The molecule has 26 heavy (non-hydrogen) atoms. The molecule has 0 spiro atoms. The number of ketones is 1. The summed E-state index contributed by atoms with van der Waals surface area (Å²) in [5, 5.41) is 0. The second-order valence-electron chi connectivity index (χ2n) is 7.43. The van der Waals surface area contributed by atoms with Gasteiger partial charge in [-0.15, -0.1) is 0 Å². The molecular formula is C21H35NO3Si. The van der Waals surface area contributed by atoms with Crippen LogP contribution in [0.2, 0.25) is 18.1 Å². The molecule has 0 N–H and O–H groups in total. The van der Waals surface area contributed by atoms with E-state index >= 15 is 0 Å².